The van der Waals surface area contributed by atoms with E-state index in [0.29, 0.717) is 12.8 Å². The molecule has 0 fully saturated rings. The molecule has 7 heteroatoms. The lowest BCUT2D eigenvalue weighted by molar-refractivity contribution is -0.147. The summed E-state index contributed by atoms with van der Waals surface area (Å²) in [6.07, 6.45) is 2.05. The number of amides is 2. The van der Waals surface area contributed by atoms with Crippen molar-refractivity contribution in [3.8, 4) is 0 Å². The topological polar surface area (TPSA) is 109 Å². The second-order valence-corrected chi connectivity index (χ2v) is 5.44. The molecule has 1 aromatic heterocycles. The smallest absolute Gasteiger partial charge is 0.307 e. The molecule has 0 aliphatic heterocycles. The van der Waals surface area contributed by atoms with Crippen LogP contribution in [-0.4, -0.2) is 22.9 Å². The Morgan fingerprint density at radius 3 is 2.32 bits per heavy atom. The van der Waals surface area contributed by atoms with E-state index in [1.807, 2.05) is 13.8 Å². The van der Waals surface area contributed by atoms with Crippen molar-refractivity contribution in [3.05, 3.63) is 35.3 Å². The highest BCUT2D eigenvalue weighted by Gasteiger charge is 2.37. The molecule has 0 radical (unpaired) electrons. The minimum Gasteiger partial charge on any atom is -0.481 e. The highest BCUT2D eigenvalue weighted by molar-refractivity contribution is 5.93. The van der Waals surface area contributed by atoms with Crippen LogP contribution in [0.15, 0.2) is 34.0 Å². The molecule has 22 heavy (non-hydrogen) atoms. The van der Waals surface area contributed by atoms with E-state index in [9.17, 15) is 19.5 Å². The average Bonchev–Trinajstić information content (AvgIpc) is 3.00. The fourth-order valence-electron chi connectivity index (χ4n) is 2.51. The summed E-state index contributed by atoms with van der Waals surface area (Å²) in [6.45, 7) is 3.76. The standard InChI is InChI=1S/C15H18N2O5/c1-8-6-10(11(15(20)21)7-9(8)2)13(18)16-17-14(19)12-4-3-5-22-12/h3-5,10-11H,6-7H2,1-2H3,(H,16,18)(H,17,19)(H,20,21)/t10-,11+/m1/s1. The normalized spacial score (nSPS) is 21.4. The van der Waals surface area contributed by atoms with Crippen molar-refractivity contribution in [2.45, 2.75) is 26.7 Å². The van der Waals surface area contributed by atoms with Crippen LogP contribution in [0.4, 0.5) is 0 Å². The van der Waals surface area contributed by atoms with Crippen LogP contribution in [0.3, 0.4) is 0 Å². The van der Waals surface area contributed by atoms with E-state index < -0.39 is 29.6 Å². The number of hydrogen-bond donors (Lipinski definition) is 3. The predicted molar refractivity (Wildman–Crippen MR) is 76.5 cm³/mol. The van der Waals surface area contributed by atoms with E-state index >= 15 is 0 Å². The Balaban J connectivity index is 2.01. The maximum absolute atomic E-state index is 12.2. The quantitative estimate of drug-likeness (QED) is 0.579. The zero-order valence-electron chi connectivity index (χ0n) is 12.4. The van der Waals surface area contributed by atoms with Gasteiger partial charge in [0.25, 0.3) is 0 Å². The second-order valence-electron chi connectivity index (χ2n) is 5.44. The average molecular weight is 306 g/mol. The highest BCUT2D eigenvalue weighted by Crippen LogP contribution is 2.34. The Hall–Kier alpha value is -2.57. The van der Waals surface area contributed by atoms with Crippen molar-refractivity contribution >= 4 is 17.8 Å². The zero-order valence-corrected chi connectivity index (χ0v) is 12.4. The Morgan fingerprint density at radius 1 is 1.14 bits per heavy atom. The van der Waals surface area contributed by atoms with Gasteiger partial charge in [-0.3, -0.25) is 25.2 Å². The lowest BCUT2D eigenvalue weighted by Gasteiger charge is -2.29. The first-order chi connectivity index (χ1) is 10.4. The zero-order chi connectivity index (χ0) is 16.3. The van der Waals surface area contributed by atoms with Gasteiger partial charge in [-0.25, -0.2) is 0 Å². The molecule has 0 bridgehead atoms. The van der Waals surface area contributed by atoms with Gasteiger partial charge in [-0.05, 0) is 38.8 Å². The summed E-state index contributed by atoms with van der Waals surface area (Å²) in [5.74, 6) is -3.55. The summed E-state index contributed by atoms with van der Waals surface area (Å²) in [5, 5.41) is 9.28. The molecule has 1 aliphatic carbocycles. The third-order valence-electron chi connectivity index (χ3n) is 3.96. The summed E-state index contributed by atoms with van der Waals surface area (Å²) in [5.41, 5.74) is 6.51. The number of carbonyl (C=O) groups excluding carboxylic acids is 2. The van der Waals surface area contributed by atoms with Crippen LogP contribution in [0, 0.1) is 11.8 Å². The van der Waals surface area contributed by atoms with E-state index in [1.165, 1.54) is 12.3 Å². The lowest BCUT2D eigenvalue weighted by atomic mass is 9.76. The van der Waals surface area contributed by atoms with Crippen LogP contribution < -0.4 is 10.9 Å². The Morgan fingerprint density at radius 2 is 1.77 bits per heavy atom. The van der Waals surface area contributed by atoms with Gasteiger partial charge >= 0.3 is 11.9 Å². The van der Waals surface area contributed by atoms with Crippen LogP contribution in [0.25, 0.3) is 0 Å². The first-order valence-corrected chi connectivity index (χ1v) is 6.92. The van der Waals surface area contributed by atoms with E-state index in [4.69, 9.17) is 4.42 Å². The van der Waals surface area contributed by atoms with Gasteiger partial charge in [-0.1, -0.05) is 11.1 Å². The van der Waals surface area contributed by atoms with Crippen molar-refractivity contribution in [1.82, 2.24) is 10.9 Å². The Labute approximate surface area is 127 Å². The second kappa shape index (κ2) is 6.46. The van der Waals surface area contributed by atoms with Gasteiger partial charge < -0.3 is 9.52 Å². The summed E-state index contributed by atoms with van der Waals surface area (Å²) < 4.78 is 4.90. The maximum atomic E-state index is 12.2. The molecule has 1 aromatic rings. The van der Waals surface area contributed by atoms with Gasteiger partial charge in [-0.2, -0.15) is 0 Å². The van der Waals surface area contributed by atoms with Crippen molar-refractivity contribution in [2.75, 3.05) is 0 Å². The van der Waals surface area contributed by atoms with Crippen LogP contribution >= 0.6 is 0 Å². The first kappa shape index (κ1) is 15.8. The fraction of sp³-hybridized carbons (Fsp3) is 0.400. The molecule has 1 heterocycles. The number of hydrogen-bond acceptors (Lipinski definition) is 4. The molecule has 3 N–H and O–H groups in total. The minimum atomic E-state index is -1.01. The molecule has 0 aromatic carbocycles. The largest absolute Gasteiger partial charge is 0.481 e. The number of carboxylic acids is 1. The van der Waals surface area contributed by atoms with Gasteiger partial charge in [-0.15, -0.1) is 0 Å². The maximum Gasteiger partial charge on any atom is 0.307 e. The van der Waals surface area contributed by atoms with Gasteiger partial charge in [0.2, 0.25) is 5.91 Å². The molecule has 0 saturated carbocycles. The molecule has 0 unspecified atom stereocenters. The van der Waals surface area contributed by atoms with Gasteiger partial charge in [0, 0.05) is 0 Å². The number of rotatable bonds is 3. The van der Waals surface area contributed by atoms with E-state index in [0.717, 1.165) is 11.1 Å². The molecule has 0 saturated heterocycles. The third kappa shape index (κ3) is 3.36. The number of aliphatic carboxylic acids is 1. The molecular formula is C15H18N2O5. The van der Waals surface area contributed by atoms with E-state index in [1.54, 1.807) is 6.07 Å². The number of carbonyl (C=O) groups is 3. The monoisotopic (exact) mass is 306 g/mol. The fourth-order valence-corrected chi connectivity index (χ4v) is 2.51. The van der Waals surface area contributed by atoms with Crippen molar-refractivity contribution in [1.29, 1.82) is 0 Å². The molecule has 7 nitrogen and oxygen atoms in total. The number of nitrogens with one attached hydrogen (secondary N) is 2. The highest BCUT2D eigenvalue weighted by atomic mass is 16.4. The predicted octanol–water partition coefficient (Wildman–Crippen LogP) is 1.49. The summed E-state index contributed by atoms with van der Waals surface area (Å²) in [4.78, 5) is 35.2. The molecule has 0 spiro atoms. The Bertz CT molecular complexity index is 618. The summed E-state index contributed by atoms with van der Waals surface area (Å²) >= 11 is 0. The number of furan rings is 1. The lowest BCUT2D eigenvalue weighted by Crippen LogP contribution is -2.48. The SMILES string of the molecule is CC1=C(C)C[C@@H](C(=O)NNC(=O)c2ccco2)[C@@H](C(=O)O)C1. The van der Waals surface area contributed by atoms with Gasteiger partial charge in [0.15, 0.2) is 5.76 Å². The number of carboxylic acid groups (broad SMARTS) is 1. The van der Waals surface area contributed by atoms with E-state index in [2.05, 4.69) is 10.9 Å². The van der Waals surface area contributed by atoms with Crippen LogP contribution in [0.5, 0.6) is 0 Å². The summed E-state index contributed by atoms with van der Waals surface area (Å²) in [6, 6.07) is 3.01. The molecule has 1 aliphatic rings. The number of allylic oxidation sites excluding steroid dienone is 2. The summed E-state index contributed by atoms with van der Waals surface area (Å²) in [7, 11) is 0. The van der Waals surface area contributed by atoms with Crippen molar-refractivity contribution in [2.24, 2.45) is 11.8 Å². The van der Waals surface area contributed by atoms with Crippen molar-refractivity contribution in [3.63, 3.8) is 0 Å². The minimum absolute atomic E-state index is 0.0608. The Kier molecular flexibility index (Phi) is 4.65. The molecule has 118 valence electrons. The number of hydrazine groups is 1. The first-order valence-electron chi connectivity index (χ1n) is 6.92. The molecular weight excluding hydrogens is 288 g/mol. The van der Waals surface area contributed by atoms with Crippen molar-refractivity contribution < 1.29 is 23.9 Å². The van der Waals surface area contributed by atoms with Gasteiger partial charge in [0.1, 0.15) is 0 Å². The molecule has 2 atom stereocenters. The van der Waals surface area contributed by atoms with Crippen LogP contribution in [-0.2, 0) is 9.59 Å². The molecule has 2 rings (SSSR count). The third-order valence-corrected chi connectivity index (χ3v) is 3.96. The molecule has 2 amide bonds. The van der Waals surface area contributed by atoms with Crippen LogP contribution in [0.1, 0.15) is 37.2 Å². The van der Waals surface area contributed by atoms with Crippen LogP contribution in [0.2, 0.25) is 0 Å². The van der Waals surface area contributed by atoms with Gasteiger partial charge in [0.05, 0.1) is 18.1 Å². The van der Waals surface area contributed by atoms with E-state index in [-0.39, 0.29) is 5.76 Å².